The fraction of sp³-hybridized carbons (Fsp3) is 0.500. The maximum atomic E-state index is 6.19. The van der Waals surface area contributed by atoms with Gasteiger partial charge in [0.05, 0.1) is 12.3 Å². The highest BCUT2D eigenvalue weighted by Gasteiger charge is 2.21. The Balaban J connectivity index is 1.46. The first kappa shape index (κ1) is 19.9. The predicted molar refractivity (Wildman–Crippen MR) is 118 cm³/mol. The van der Waals surface area contributed by atoms with Crippen molar-refractivity contribution in [2.75, 3.05) is 25.4 Å². The van der Waals surface area contributed by atoms with Gasteiger partial charge >= 0.3 is 6.01 Å². The number of unbranched alkanes of at least 4 members (excludes halogenated alkanes) is 1. The highest BCUT2D eigenvalue weighted by atomic mass is 16.5. The first-order valence-electron chi connectivity index (χ1n) is 11.0. The van der Waals surface area contributed by atoms with Crippen molar-refractivity contribution in [1.82, 2.24) is 14.9 Å². The van der Waals surface area contributed by atoms with Crippen LogP contribution in [0.25, 0.3) is 5.57 Å². The van der Waals surface area contributed by atoms with Crippen molar-refractivity contribution < 1.29 is 4.74 Å². The number of benzene rings is 1. The molecule has 0 amide bonds. The molecule has 2 aliphatic rings. The monoisotopic (exact) mass is 392 g/mol. The van der Waals surface area contributed by atoms with Crippen LogP contribution in [0.15, 0.2) is 30.3 Å². The lowest BCUT2D eigenvalue weighted by atomic mass is 10.0. The third-order valence-corrected chi connectivity index (χ3v) is 5.85. The van der Waals surface area contributed by atoms with Gasteiger partial charge in [-0.1, -0.05) is 50.1 Å². The second-order valence-electron chi connectivity index (χ2n) is 8.19. The lowest BCUT2D eigenvalue weighted by molar-refractivity contribution is 0.221. The van der Waals surface area contributed by atoms with Crippen molar-refractivity contribution in [2.45, 2.75) is 58.4 Å². The number of fused-ring (bicyclic) bond motifs is 1. The fourth-order valence-corrected chi connectivity index (χ4v) is 4.23. The van der Waals surface area contributed by atoms with Gasteiger partial charge in [-0.25, -0.2) is 0 Å². The topological polar surface area (TPSA) is 64.3 Å². The molecule has 2 heterocycles. The lowest BCUT2D eigenvalue weighted by Crippen LogP contribution is -2.29. The van der Waals surface area contributed by atoms with Crippen LogP contribution in [0.4, 0.5) is 5.82 Å². The predicted octanol–water partition coefficient (Wildman–Crippen LogP) is 4.41. The zero-order valence-electron chi connectivity index (χ0n) is 17.5. The van der Waals surface area contributed by atoms with E-state index in [9.17, 15) is 0 Å². The van der Waals surface area contributed by atoms with Crippen molar-refractivity contribution in [2.24, 2.45) is 0 Å². The van der Waals surface area contributed by atoms with Gasteiger partial charge in [0, 0.05) is 12.1 Å². The highest BCUT2D eigenvalue weighted by molar-refractivity contribution is 5.75. The maximum absolute atomic E-state index is 6.19. The summed E-state index contributed by atoms with van der Waals surface area (Å²) >= 11 is 0. The minimum atomic E-state index is 0.404. The number of nitrogens with zero attached hydrogens (tertiary/aromatic N) is 3. The summed E-state index contributed by atoms with van der Waals surface area (Å²) in [6.45, 7) is 6.27. The number of anilines is 1. The number of rotatable bonds is 8. The van der Waals surface area contributed by atoms with Crippen LogP contribution in [0.1, 0.15) is 61.4 Å². The number of aromatic nitrogens is 2. The van der Waals surface area contributed by atoms with Gasteiger partial charge in [0.2, 0.25) is 0 Å². The first-order valence-corrected chi connectivity index (χ1v) is 11.0. The van der Waals surface area contributed by atoms with E-state index in [1.54, 1.807) is 0 Å². The Morgan fingerprint density at radius 1 is 1.10 bits per heavy atom. The van der Waals surface area contributed by atoms with E-state index < -0.39 is 0 Å². The van der Waals surface area contributed by atoms with Crippen LogP contribution in [0.2, 0.25) is 0 Å². The zero-order valence-corrected chi connectivity index (χ0v) is 17.5. The van der Waals surface area contributed by atoms with Gasteiger partial charge in [-0.2, -0.15) is 9.97 Å². The summed E-state index contributed by atoms with van der Waals surface area (Å²) in [6, 6.07) is 9.38. The highest BCUT2D eigenvalue weighted by Crippen LogP contribution is 2.33. The van der Waals surface area contributed by atoms with Crippen LogP contribution in [0.3, 0.4) is 0 Å². The summed E-state index contributed by atoms with van der Waals surface area (Å²) in [5.74, 6) is 0.548. The Hall–Kier alpha value is -2.40. The Kier molecular flexibility index (Phi) is 6.45. The SMILES string of the molecule is CCCCOc1nc(N)c2c(n1)C(Cc1cccc(CN3CCCCC3)c1)=CC2. The molecule has 2 aromatic rings. The smallest absolute Gasteiger partial charge is 0.318 e. The molecule has 1 saturated heterocycles. The van der Waals surface area contributed by atoms with E-state index >= 15 is 0 Å². The maximum Gasteiger partial charge on any atom is 0.318 e. The van der Waals surface area contributed by atoms with Gasteiger partial charge in [-0.3, -0.25) is 4.90 Å². The van der Waals surface area contributed by atoms with Crippen molar-refractivity contribution >= 4 is 11.4 Å². The summed E-state index contributed by atoms with van der Waals surface area (Å²) in [7, 11) is 0. The number of nitrogens with two attached hydrogens (primary N) is 1. The Morgan fingerprint density at radius 2 is 1.93 bits per heavy atom. The molecule has 154 valence electrons. The van der Waals surface area contributed by atoms with Crippen LogP contribution >= 0.6 is 0 Å². The Labute approximate surface area is 174 Å². The van der Waals surface area contributed by atoms with Gasteiger partial charge in [-0.05, 0) is 61.9 Å². The molecule has 1 aliphatic carbocycles. The summed E-state index contributed by atoms with van der Waals surface area (Å²) < 4.78 is 5.72. The second-order valence-corrected chi connectivity index (χ2v) is 8.19. The third-order valence-electron chi connectivity index (χ3n) is 5.85. The molecule has 5 nitrogen and oxygen atoms in total. The van der Waals surface area contributed by atoms with E-state index in [-0.39, 0.29) is 0 Å². The summed E-state index contributed by atoms with van der Waals surface area (Å²) in [5.41, 5.74) is 12.1. The van der Waals surface area contributed by atoms with Crippen molar-refractivity contribution in [3.05, 3.63) is 52.7 Å². The number of likely N-dealkylation sites (tertiary alicyclic amines) is 1. The first-order chi connectivity index (χ1) is 14.2. The molecule has 1 aromatic carbocycles. The van der Waals surface area contributed by atoms with E-state index in [0.717, 1.165) is 43.5 Å². The quantitative estimate of drug-likeness (QED) is 0.674. The zero-order chi connectivity index (χ0) is 20.1. The van der Waals surface area contributed by atoms with Crippen molar-refractivity contribution in [3.8, 4) is 6.01 Å². The molecule has 1 aliphatic heterocycles. The summed E-state index contributed by atoms with van der Waals surface area (Å²) in [6.07, 6.45) is 10.0. The van der Waals surface area contributed by atoms with Crippen LogP contribution < -0.4 is 10.5 Å². The molecule has 1 fully saturated rings. The largest absolute Gasteiger partial charge is 0.463 e. The van der Waals surface area contributed by atoms with Crippen molar-refractivity contribution in [3.63, 3.8) is 0 Å². The average Bonchev–Trinajstić information content (AvgIpc) is 3.12. The van der Waals surface area contributed by atoms with E-state index in [0.29, 0.717) is 18.4 Å². The molecular formula is C24H32N4O. The van der Waals surface area contributed by atoms with E-state index in [1.165, 1.54) is 49.1 Å². The standard InChI is InChI=1S/C24H32N4O/c1-2-3-14-29-24-26-22-20(10-11-21(22)23(25)27-24)16-18-8-7-9-19(15-18)17-28-12-5-4-6-13-28/h7-10,15H,2-6,11-14,16-17H2,1H3,(H2,25,26,27). The van der Waals surface area contributed by atoms with Gasteiger partial charge in [-0.15, -0.1) is 0 Å². The summed E-state index contributed by atoms with van der Waals surface area (Å²) in [5, 5.41) is 0. The molecular weight excluding hydrogens is 360 g/mol. The minimum absolute atomic E-state index is 0.404. The Morgan fingerprint density at radius 3 is 2.76 bits per heavy atom. The number of nitrogen functional groups attached to an aromatic ring is 1. The lowest BCUT2D eigenvalue weighted by Gasteiger charge is -2.26. The molecule has 29 heavy (non-hydrogen) atoms. The van der Waals surface area contributed by atoms with Crippen LogP contribution in [0, 0.1) is 0 Å². The van der Waals surface area contributed by atoms with E-state index in [1.807, 2.05) is 0 Å². The summed E-state index contributed by atoms with van der Waals surface area (Å²) in [4.78, 5) is 11.6. The number of allylic oxidation sites excluding steroid dienone is 2. The molecule has 5 heteroatoms. The molecule has 0 spiro atoms. The van der Waals surface area contributed by atoms with E-state index in [4.69, 9.17) is 10.5 Å². The third kappa shape index (κ3) is 4.96. The van der Waals surface area contributed by atoms with Gasteiger partial charge < -0.3 is 10.5 Å². The van der Waals surface area contributed by atoms with Crippen molar-refractivity contribution in [1.29, 1.82) is 0 Å². The van der Waals surface area contributed by atoms with Gasteiger partial charge in [0.15, 0.2) is 0 Å². The Bertz CT molecular complexity index is 871. The number of piperidine rings is 1. The number of hydrogen-bond acceptors (Lipinski definition) is 5. The number of ether oxygens (including phenoxy) is 1. The van der Waals surface area contributed by atoms with Gasteiger partial charge in [0.25, 0.3) is 0 Å². The second kappa shape index (κ2) is 9.40. The van der Waals surface area contributed by atoms with Gasteiger partial charge in [0.1, 0.15) is 5.82 Å². The van der Waals surface area contributed by atoms with Crippen LogP contribution in [-0.4, -0.2) is 34.6 Å². The fourth-order valence-electron chi connectivity index (χ4n) is 4.23. The molecule has 0 unspecified atom stereocenters. The number of hydrogen-bond donors (Lipinski definition) is 1. The normalized spacial score (nSPS) is 16.5. The molecule has 1 aromatic heterocycles. The van der Waals surface area contributed by atoms with Crippen LogP contribution in [-0.2, 0) is 19.4 Å². The molecule has 2 N–H and O–H groups in total. The minimum Gasteiger partial charge on any atom is -0.463 e. The molecule has 0 atom stereocenters. The van der Waals surface area contributed by atoms with Crippen LogP contribution in [0.5, 0.6) is 6.01 Å². The molecule has 0 radical (unpaired) electrons. The molecule has 4 rings (SSSR count). The molecule has 0 saturated carbocycles. The molecule has 0 bridgehead atoms. The average molecular weight is 393 g/mol. The van der Waals surface area contributed by atoms with E-state index in [2.05, 4.69) is 52.1 Å².